The molecule has 1 saturated carbocycles. The van der Waals surface area contributed by atoms with Gasteiger partial charge in [-0.05, 0) is 49.3 Å². The van der Waals surface area contributed by atoms with Gasteiger partial charge in [-0.1, -0.05) is 30.7 Å². The number of amides is 2. The summed E-state index contributed by atoms with van der Waals surface area (Å²) in [5, 5.41) is 15.7. The van der Waals surface area contributed by atoms with Crippen molar-refractivity contribution < 1.29 is 9.90 Å². The zero-order valence-corrected chi connectivity index (χ0v) is 13.2. The lowest BCUT2D eigenvalue weighted by Gasteiger charge is -2.20. The molecule has 0 spiro atoms. The second-order valence-electron chi connectivity index (χ2n) is 5.94. The topological polar surface area (TPSA) is 61.4 Å². The maximum Gasteiger partial charge on any atom is 0.315 e. The smallest absolute Gasteiger partial charge is 0.315 e. The fourth-order valence-corrected chi connectivity index (χ4v) is 2.64. The SMILES string of the molecule is CC(O)CCNC(=O)NC(c1ccc(Cl)cc1)C1CC1C. The van der Waals surface area contributed by atoms with Gasteiger partial charge in [0.2, 0.25) is 0 Å². The van der Waals surface area contributed by atoms with Crippen molar-refractivity contribution in [3.63, 3.8) is 0 Å². The molecule has 1 aromatic carbocycles. The zero-order chi connectivity index (χ0) is 15.4. The molecule has 1 aromatic rings. The van der Waals surface area contributed by atoms with Crippen molar-refractivity contribution in [1.29, 1.82) is 0 Å². The van der Waals surface area contributed by atoms with E-state index in [4.69, 9.17) is 11.6 Å². The van der Waals surface area contributed by atoms with E-state index < -0.39 is 6.10 Å². The Morgan fingerprint density at radius 2 is 2.05 bits per heavy atom. The second-order valence-corrected chi connectivity index (χ2v) is 6.38. The molecule has 0 aromatic heterocycles. The standard InChI is InChI=1S/C16H23ClN2O2/c1-10-9-14(10)15(12-3-5-13(17)6-4-12)19-16(21)18-8-7-11(2)20/h3-6,10-11,14-15,20H,7-9H2,1-2H3,(H2,18,19,21). The molecule has 4 atom stereocenters. The van der Waals surface area contributed by atoms with Gasteiger partial charge >= 0.3 is 6.03 Å². The van der Waals surface area contributed by atoms with Gasteiger partial charge in [-0.2, -0.15) is 0 Å². The van der Waals surface area contributed by atoms with Gasteiger partial charge in [-0.15, -0.1) is 0 Å². The molecule has 0 saturated heterocycles. The van der Waals surface area contributed by atoms with Gasteiger partial charge in [0.1, 0.15) is 0 Å². The lowest BCUT2D eigenvalue weighted by Crippen LogP contribution is -2.39. The number of hydrogen-bond donors (Lipinski definition) is 3. The number of hydrogen-bond acceptors (Lipinski definition) is 2. The van der Waals surface area contributed by atoms with E-state index >= 15 is 0 Å². The molecule has 4 unspecified atom stereocenters. The van der Waals surface area contributed by atoms with E-state index in [0.29, 0.717) is 29.8 Å². The van der Waals surface area contributed by atoms with Gasteiger partial charge in [-0.3, -0.25) is 0 Å². The molecule has 5 heteroatoms. The van der Waals surface area contributed by atoms with E-state index in [9.17, 15) is 9.90 Å². The molecular weight excluding hydrogens is 288 g/mol. The number of halogens is 1. The Labute approximate surface area is 130 Å². The van der Waals surface area contributed by atoms with Crippen molar-refractivity contribution in [2.75, 3.05) is 6.54 Å². The van der Waals surface area contributed by atoms with Crippen LogP contribution in [0, 0.1) is 11.8 Å². The van der Waals surface area contributed by atoms with E-state index in [1.807, 2.05) is 24.3 Å². The summed E-state index contributed by atoms with van der Waals surface area (Å²) in [5.74, 6) is 1.11. The molecule has 0 bridgehead atoms. The highest BCUT2D eigenvalue weighted by Gasteiger charge is 2.40. The van der Waals surface area contributed by atoms with Crippen LogP contribution in [0.25, 0.3) is 0 Å². The van der Waals surface area contributed by atoms with E-state index in [-0.39, 0.29) is 12.1 Å². The van der Waals surface area contributed by atoms with Crippen molar-refractivity contribution in [2.45, 2.75) is 38.8 Å². The van der Waals surface area contributed by atoms with Crippen LogP contribution < -0.4 is 10.6 Å². The van der Waals surface area contributed by atoms with Gasteiger partial charge in [0, 0.05) is 11.6 Å². The fraction of sp³-hybridized carbons (Fsp3) is 0.562. The predicted molar refractivity (Wildman–Crippen MR) is 84.3 cm³/mol. The minimum absolute atomic E-state index is 0.0174. The van der Waals surface area contributed by atoms with Crippen molar-refractivity contribution in [2.24, 2.45) is 11.8 Å². The first-order valence-corrected chi connectivity index (χ1v) is 7.83. The summed E-state index contributed by atoms with van der Waals surface area (Å²) in [7, 11) is 0. The monoisotopic (exact) mass is 310 g/mol. The summed E-state index contributed by atoms with van der Waals surface area (Å²) in [6, 6.07) is 7.47. The van der Waals surface area contributed by atoms with Crippen LogP contribution in [0.3, 0.4) is 0 Å². The summed E-state index contributed by atoms with van der Waals surface area (Å²) in [4.78, 5) is 12.0. The number of rotatable bonds is 6. The normalized spacial score (nSPS) is 23.2. The Hall–Kier alpha value is -1.26. The molecule has 21 heavy (non-hydrogen) atoms. The van der Waals surface area contributed by atoms with Crippen LogP contribution in [0.15, 0.2) is 24.3 Å². The van der Waals surface area contributed by atoms with Crippen LogP contribution in [-0.4, -0.2) is 23.8 Å². The molecule has 0 radical (unpaired) electrons. The first-order chi connectivity index (χ1) is 9.97. The maximum atomic E-state index is 12.0. The van der Waals surface area contributed by atoms with Gasteiger partial charge in [0.05, 0.1) is 12.1 Å². The van der Waals surface area contributed by atoms with Crippen molar-refractivity contribution >= 4 is 17.6 Å². The molecule has 3 N–H and O–H groups in total. The van der Waals surface area contributed by atoms with Crippen LogP contribution in [-0.2, 0) is 0 Å². The van der Waals surface area contributed by atoms with Crippen LogP contribution in [0.5, 0.6) is 0 Å². The second kappa shape index (κ2) is 7.14. The van der Waals surface area contributed by atoms with E-state index in [1.54, 1.807) is 6.92 Å². The Balaban J connectivity index is 1.94. The van der Waals surface area contributed by atoms with Crippen molar-refractivity contribution in [3.8, 4) is 0 Å². The largest absolute Gasteiger partial charge is 0.393 e. The fourth-order valence-electron chi connectivity index (χ4n) is 2.51. The Bertz CT molecular complexity index is 476. The quantitative estimate of drug-likeness (QED) is 0.756. The molecule has 1 fully saturated rings. The Morgan fingerprint density at radius 3 is 2.57 bits per heavy atom. The molecule has 2 amide bonds. The summed E-state index contributed by atoms with van der Waals surface area (Å²) in [6.45, 7) is 4.37. The number of benzene rings is 1. The van der Waals surface area contributed by atoms with Gasteiger partial charge in [0.15, 0.2) is 0 Å². The lowest BCUT2D eigenvalue weighted by molar-refractivity contribution is 0.183. The average Bonchev–Trinajstić information content (AvgIpc) is 3.13. The van der Waals surface area contributed by atoms with Crippen LogP contribution in [0.4, 0.5) is 4.79 Å². The molecular formula is C16H23ClN2O2. The minimum atomic E-state index is -0.402. The third-order valence-corrected chi connectivity index (χ3v) is 4.22. The summed E-state index contributed by atoms with van der Waals surface area (Å²) >= 11 is 5.92. The van der Waals surface area contributed by atoms with Gasteiger partial charge in [0.25, 0.3) is 0 Å². The van der Waals surface area contributed by atoms with Gasteiger partial charge in [-0.25, -0.2) is 4.79 Å². The van der Waals surface area contributed by atoms with E-state index in [0.717, 1.165) is 12.0 Å². The summed E-state index contributed by atoms with van der Waals surface area (Å²) in [6.07, 6.45) is 1.28. The number of carbonyl (C=O) groups is 1. The predicted octanol–water partition coefficient (Wildman–Crippen LogP) is 3.11. The number of carbonyl (C=O) groups excluding carboxylic acids is 1. The molecule has 4 nitrogen and oxygen atoms in total. The highest BCUT2D eigenvalue weighted by atomic mass is 35.5. The first-order valence-electron chi connectivity index (χ1n) is 7.45. The number of aliphatic hydroxyl groups is 1. The van der Waals surface area contributed by atoms with Crippen LogP contribution in [0.2, 0.25) is 5.02 Å². The van der Waals surface area contributed by atoms with Gasteiger partial charge < -0.3 is 15.7 Å². The Morgan fingerprint density at radius 1 is 1.43 bits per heavy atom. The number of aliphatic hydroxyl groups excluding tert-OH is 1. The molecule has 0 heterocycles. The Kier molecular flexibility index (Phi) is 5.48. The minimum Gasteiger partial charge on any atom is -0.393 e. The zero-order valence-electron chi connectivity index (χ0n) is 12.5. The van der Waals surface area contributed by atoms with Crippen LogP contribution >= 0.6 is 11.6 Å². The molecule has 1 aliphatic carbocycles. The molecule has 0 aliphatic heterocycles. The first kappa shape index (κ1) is 16.1. The molecule has 116 valence electrons. The average molecular weight is 311 g/mol. The van der Waals surface area contributed by atoms with Crippen LogP contribution in [0.1, 0.15) is 38.3 Å². The summed E-state index contributed by atoms with van der Waals surface area (Å²) in [5.41, 5.74) is 1.08. The highest BCUT2D eigenvalue weighted by Crippen LogP contribution is 2.47. The van der Waals surface area contributed by atoms with E-state index in [1.165, 1.54) is 0 Å². The third-order valence-electron chi connectivity index (χ3n) is 3.96. The number of nitrogens with one attached hydrogen (secondary N) is 2. The summed E-state index contributed by atoms with van der Waals surface area (Å²) < 4.78 is 0. The van der Waals surface area contributed by atoms with Crippen molar-refractivity contribution in [3.05, 3.63) is 34.9 Å². The maximum absolute atomic E-state index is 12.0. The third kappa shape index (κ3) is 4.90. The molecule has 1 aliphatic rings. The van der Waals surface area contributed by atoms with Crippen molar-refractivity contribution in [1.82, 2.24) is 10.6 Å². The molecule has 2 rings (SSSR count). The lowest BCUT2D eigenvalue weighted by atomic mass is 10.0. The van der Waals surface area contributed by atoms with E-state index in [2.05, 4.69) is 17.6 Å². The highest BCUT2D eigenvalue weighted by molar-refractivity contribution is 6.30. The number of urea groups is 1.